The third kappa shape index (κ3) is 12.7. The van der Waals surface area contributed by atoms with Crippen LogP contribution in [0.15, 0.2) is 24.3 Å². The summed E-state index contributed by atoms with van der Waals surface area (Å²) in [6, 6.07) is 0. The maximum Gasteiger partial charge on any atom is 0.332 e. The highest BCUT2D eigenvalue weighted by Crippen LogP contribution is 2.37. The fraction of sp³-hybridized carbons (Fsp3) is 0.600. The molecule has 1 atom stereocenters. The number of carboxylic acid groups (broad SMARTS) is 2. The minimum atomic E-state index is -0.935. The average Bonchev–Trinajstić information content (AvgIpc) is 2.60. The summed E-state index contributed by atoms with van der Waals surface area (Å²) < 4.78 is 8.93. The number of carbonyl (C=O) groups is 4. The number of methoxy groups -OCH3 is 2. The van der Waals surface area contributed by atoms with Crippen LogP contribution in [0.2, 0.25) is 0 Å². The van der Waals surface area contributed by atoms with E-state index in [4.69, 9.17) is 10.2 Å². The second-order valence-corrected chi connectivity index (χ2v) is 7.13. The molecule has 8 nitrogen and oxygen atoms in total. The van der Waals surface area contributed by atoms with Gasteiger partial charge in [-0.15, -0.1) is 0 Å². The molecule has 162 valence electrons. The van der Waals surface area contributed by atoms with Crippen molar-refractivity contribution in [2.75, 3.05) is 14.2 Å². The van der Waals surface area contributed by atoms with Gasteiger partial charge in [-0.2, -0.15) is 0 Å². The zero-order valence-corrected chi connectivity index (χ0v) is 18.2. The molecule has 0 aromatic carbocycles. The van der Waals surface area contributed by atoms with Crippen molar-refractivity contribution in [1.82, 2.24) is 0 Å². The molecule has 0 aliphatic heterocycles. The number of rotatable bonds is 7. The summed E-state index contributed by atoms with van der Waals surface area (Å²) >= 11 is 0. The number of carboxylic acids is 2. The summed E-state index contributed by atoms with van der Waals surface area (Å²) in [5, 5.41) is 17.0. The van der Waals surface area contributed by atoms with Gasteiger partial charge >= 0.3 is 23.9 Å². The van der Waals surface area contributed by atoms with E-state index in [1.165, 1.54) is 21.1 Å². The summed E-state index contributed by atoms with van der Waals surface area (Å²) in [7, 11) is 2.64. The lowest BCUT2D eigenvalue weighted by Crippen LogP contribution is -2.37. The first-order valence-electron chi connectivity index (χ1n) is 8.46. The van der Waals surface area contributed by atoms with Crippen molar-refractivity contribution in [3.05, 3.63) is 24.3 Å². The zero-order valence-electron chi connectivity index (χ0n) is 18.2. The van der Waals surface area contributed by atoms with Crippen LogP contribution in [-0.2, 0) is 28.7 Å². The van der Waals surface area contributed by atoms with E-state index >= 15 is 0 Å². The molecule has 0 rings (SSSR count). The van der Waals surface area contributed by atoms with Gasteiger partial charge < -0.3 is 19.7 Å². The van der Waals surface area contributed by atoms with Crippen LogP contribution in [0.25, 0.3) is 0 Å². The molecule has 0 spiro atoms. The number of esters is 2. The fourth-order valence-electron chi connectivity index (χ4n) is 1.85. The fourth-order valence-corrected chi connectivity index (χ4v) is 1.85. The highest BCUT2D eigenvalue weighted by molar-refractivity contribution is 5.86. The Morgan fingerprint density at radius 1 is 0.893 bits per heavy atom. The molecule has 0 fully saturated rings. The van der Waals surface area contributed by atoms with Crippen molar-refractivity contribution in [1.29, 1.82) is 0 Å². The highest BCUT2D eigenvalue weighted by Gasteiger charge is 2.41. The minimum absolute atomic E-state index is 0.176. The van der Waals surface area contributed by atoms with E-state index in [-0.39, 0.29) is 23.9 Å². The molecular weight excluding hydrogens is 368 g/mol. The molecule has 0 aliphatic rings. The lowest BCUT2D eigenvalue weighted by atomic mass is 9.72. The van der Waals surface area contributed by atoms with Crippen LogP contribution in [0.5, 0.6) is 0 Å². The molecule has 0 aromatic heterocycles. The summed E-state index contributed by atoms with van der Waals surface area (Å²) in [4.78, 5) is 42.3. The van der Waals surface area contributed by atoms with Crippen LogP contribution in [0, 0.1) is 10.8 Å². The van der Waals surface area contributed by atoms with Gasteiger partial charge in [-0.05, 0) is 47.5 Å². The minimum Gasteiger partial charge on any atom is -0.481 e. The Hall–Kier alpha value is -2.64. The molecule has 0 saturated carbocycles. The Bertz CT molecular complexity index is 577. The number of carbonyl (C=O) groups excluding carboxylic acids is 2. The molecule has 0 saturated heterocycles. The first-order chi connectivity index (χ1) is 12.5. The standard InChI is InChI=1S/C11H20O4.C5H8O2.C4H6O2/c1-6-11(4,8(12)13)7-10(2,3)9(14)15-5;1-4(2)5(6)7-3;1-3(2)4(5)6/h6-7H2,1-5H3,(H,12,13);1H2,2-3H3;1H2,2H3,(H,5,6). The number of ether oxygens (including phenoxy) is 2. The van der Waals surface area contributed by atoms with E-state index in [0.29, 0.717) is 12.0 Å². The van der Waals surface area contributed by atoms with Crippen molar-refractivity contribution in [3.63, 3.8) is 0 Å². The summed E-state index contributed by atoms with van der Waals surface area (Å²) in [6.07, 6.45) is 0.765. The van der Waals surface area contributed by atoms with Crippen LogP contribution in [0.1, 0.15) is 54.4 Å². The normalized spacial score (nSPS) is 11.9. The van der Waals surface area contributed by atoms with Gasteiger partial charge in [-0.25, -0.2) is 9.59 Å². The molecule has 0 aromatic rings. The topological polar surface area (TPSA) is 127 Å². The van der Waals surface area contributed by atoms with Crippen molar-refractivity contribution in [3.8, 4) is 0 Å². The molecule has 1 unspecified atom stereocenters. The SMILES string of the molecule is C=C(C)C(=O)O.C=C(C)C(=O)OC.CCC(C)(CC(C)(C)C(=O)OC)C(=O)O. The van der Waals surface area contributed by atoms with Gasteiger partial charge in [0.05, 0.1) is 25.0 Å². The Morgan fingerprint density at radius 2 is 1.29 bits per heavy atom. The van der Waals surface area contributed by atoms with E-state index in [1.807, 2.05) is 6.92 Å². The van der Waals surface area contributed by atoms with Crippen LogP contribution >= 0.6 is 0 Å². The molecular formula is C20H34O8. The van der Waals surface area contributed by atoms with Crippen LogP contribution in [0.3, 0.4) is 0 Å². The largest absolute Gasteiger partial charge is 0.481 e. The predicted octanol–water partition coefficient (Wildman–Crippen LogP) is 3.46. The second-order valence-electron chi connectivity index (χ2n) is 7.13. The maximum absolute atomic E-state index is 11.4. The van der Waals surface area contributed by atoms with Gasteiger partial charge in [0.2, 0.25) is 0 Å². The Labute approximate surface area is 167 Å². The summed E-state index contributed by atoms with van der Waals surface area (Å²) in [6.45, 7) is 16.4. The van der Waals surface area contributed by atoms with Crippen molar-refractivity contribution < 1.29 is 38.9 Å². The number of hydrogen-bond acceptors (Lipinski definition) is 6. The molecule has 0 aliphatic carbocycles. The monoisotopic (exact) mass is 402 g/mol. The van der Waals surface area contributed by atoms with Crippen LogP contribution in [0.4, 0.5) is 0 Å². The molecule has 0 radical (unpaired) electrons. The third-order valence-electron chi connectivity index (χ3n) is 3.77. The van der Waals surface area contributed by atoms with E-state index < -0.39 is 22.8 Å². The molecule has 0 amide bonds. The highest BCUT2D eigenvalue weighted by atomic mass is 16.5. The van der Waals surface area contributed by atoms with Crippen LogP contribution in [-0.4, -0.2) is 48.3 Å². The van der Waals surface area contributed by atoms with Gasteiger partial charge in [0, 0.05) is 11.1 Å². The molecule has 28 heavy (non-hydrogen) atoms. The van der Waals surface area contributed by atoms with Gasteiger partial charge in [0.1, 0.15) is 0 Å². The van der Waals surface area contributed by atoms with Crippen molar-refractivity contribution in [2.24, 2.45) is 10.8 Å². The molecule has 0 bridgehead atoms. The van der Waals surface area contributed by atoms with Gasteiger partial charge in [0.25, 0.3) is 0 Å². The lowest BCUT2D eigenvalue weighted by Gasteiger charge is -2.31. The Morgan fingerprint density at radius 3 is 1.43 bits per heavy atom. The summed E-state index contributed by atoms with van der Waals surface area (Å²) in [5.74, 6) is -2.53. The second kappa shape index (κ2) is 13.5. The molecule has 8 heteroatoms. The third-order valence-corrected chi connectivity index (χ3v) is 3.77. The van der Waals surface area contributed by atoms with Gasteiger partial charge in [-0.1, -0.05) is 20.1 Å². The van der Waals surface area contributed by atoms with E-state index in [1.54, 1.807) is 27.7 Å². The zero-order chi connectivity index (χ0) is 23.3. The predicted molar refractivity (Wildman–Crippen MR) is 106 cm³/mol. The smallest absolute Gasteiger partial charge is 0.332 e. The van der Waals surface area contributed by atoms with Crippen molar-refractivity contribution >= 4 is 23.9 Å². The Kier molecular flexibility index (Phi) is 14.5. The van der Waals surface area contributed by atoms with Crippen LogP contribution < -0.4 is 0 Å². The first-order valence-corrected chi connectivity index (χ1v) is 8.46. The Balaban J connectivity index is -0.000000397. The maximum atomic E-state index is 11.4. The molecule has 2 N–H and O–H groups in total. The quantitative estimate of drug-likeness (QED) is 0.489. The molecule has 0 heterocycles. The first kappa shape index (κ1) is 30.1. The van der Waals surface area contributed by atoms with E-state index in [2.05, 4.69) is 22.6 Å². The average molecular weight is 402 g/mol. The van der Waals surface area contributed by atoms with Gasteiger partial charge in [-0.3, -0.25) is 9.59 Å². The van der Waals surface area contributed by atoms with Gasteiger partial charge in [0.15, 0.2) is 0 Å². The number of hydrogen-bond donors (Lipinski definition) is 2. The van der Waals surface area contributed by atoms with Crippen molar-refractivity contribution in [2.45, 2.75) is 54.4 Å². The van der Waals surface area contributed by atoms with E-state index in [0.717, 1.165) is 0 Å². The summed E-state index contributed by atoms with van der Waals surface area (Å²) in [5.41, 5.74) is -1.03. The van der Waals surface area contributed by atoms with E-state index in [9.17, 15) is 19.2 Å². The lowest BCUT2D eigenvalue weighted by molar-refractivity contribution is -0.157. The number of aliphatic carboxylic acids is 2.